The minimum atomic E-state index is -0.502. The SMILES string of the molecule is C[C@@H](O)[C@]1(c2ccccc2)CCC[C@@H]1O. The Labute approximate surface area is 90.6 Å². The van der Waals surface area contributed by atoms with E-state index in [1.54, 1.807) is 6.92 Å². The highest BCUT2D eigenvalue weighted by Crippen LogP contribution is 2.43. The van der Waals surface area contributed by atoms with Crippen LogP contribution in [-0.2, 0) is 5.41 Å². The predicted octanol–water partition coefficient (Wildman–Crippen LogP) is 1.85. The Balaban J connectivity index is 2.44. The highest BCUT2D eigenvalue weighted by atomic mass is 16.3. The predicted molar refractivity (Wildman–Crippen MR) is 59.7 cm³/mol. The minimum absolute atomic E-state index is 0.417. The van der Waals surface area contributed by atoms with Gasteiger partial charge >= 0.3 is 0 Å². The first-order valence-electron chi connectivity index (χ1n) is 5.59. The summed E-state index contributed by atoms with van der Waals surface area (Å²) < 4.78 is 0. The van der Waals surface area contributed by atoms with Crippen LogP contribution in [0.3, 0.4) is 0 Å². The van der Waals surface area contributed by atoms with E-state index >= 15 is 0 Å². The first-order valence-corrected chi connectivity index (χ1v) is 5.59. The summed E-state index contributed by atoms with van der Waals surface area (Å²) >= 11 is 0. The van der Waals surface area contributed by atoms with Crippen LogP contribution in [0.1, 0.15) is 31.7 Å². The van der Waals surface area contributed by atoms with Gasteiger partial charge in [-0.15, -0.1) is 0 Å². The lowest BCUT2D eigenvalue weighted by molar-refractivity contribution is 0.0122. The quantitative estimate of drug-likeness (QED) is 0.775. The average Bonchev–Trinajstić information content (AvgIpc) is 2.62. The van der Waals surface area contributed by atoms with Crippen molar-refractivity contribution in [3.05, 3.63) is 35.9 Å². The van der Waals surface area contributed by atoms with Crippen molar-refractivity contribution >= 4 is 0 Å². The van der Waals surface area contributed by atoms with Crippen LogP contribution in [0, 0.1) is 0 Å². The Bertz CT molecular complexity index is 321. The molecule has 0 aliphatic heterocycles. The first kappa shape index (κ1) is 10.7. The molecule has 2 rings (SSSR count). The molecular formula is C13H18O2. The van der Waals surface area contributed by atoms with Crippen LogP contribution < -0.4 is 0 Å². The topological polar surface area (TPSA) is 40.5 Å². The second-order valence-electron chi connectivity index (χ2n) is 4.49. The molecular weight excluding hydrogens is 188 g/mol. The van der Waals surface area contributed by atoms with Crippen molar-refractivity contribution < 1.29 is 10.2 Å². The summed E-state index contributed by atoms with van der Waals surface area (Å²) in [5, 5.41) is 20.1. The number of rotatable bonds is 2. The second kappa shape index (κ2) is 3.95. The Morgan fingerprint density at radius 2 is 2.00 bits per heavy atom. The van der Waals surface area contributed by atoms with Crippen molar-refractivity contribution in [2.75, 3.05) is 0 Å². The number of benzene rings is 1. The second-order valence-corrected chi connectivity index (χ2v) is 4.49. The Hall–Kier alpha value is -0.860. The van der Waals surface area contributed by atoms with Crippen LogP contribution >= 0.6 is 0 Å². The van der Waals surface area contributed by atoms with Gasteiger partial charge in [0.1, 0.15) is 0 Å². The molecule has 3 atom stereocenters. The van der Waals surface area contributed by atoms with E-state index in [4.69, 9.17) is 0 Å². The molecule has 1 aliphatic carbocycles. The molecule has 1 saturated carbocycles. The fourth-order valence-corrected chi connectivity index (χ4v) is 2.83. The summed E-state index contributed by atoms with van der Waals surface area (Å²) in [5.41, 5.74) is 0.617. The maximum absolute atomic E-state index is 10.1. The number of hydrogen-bond donors (Lipinski definition) is 2. The van der Waals surface area contributed by atoms with Crippen LogP contribution in [0.2, 0.25) is 0 Å². The molecule has 0 saturated heterocycles. The zero-order chi connectivity index (χ0) is 10.9. The van der Waals surface area contributed by atoms with E-state index in [9.17, 15) is 10.2 Å². The van der Waals surface area contributed by atoms with Crippen LogP contribution in [0.15, 0.2) is 30.3 Å². The van der Waals surface area contributed by atoms with Gasteiger partial charge in [0.15, 0.2) is 0 Å². The van der Waals surface area contributed by atoms with Crippen molar-refractivity contribution in [2.45, 2.75) is 43.8 Å². The van der Waals surface area contributed by atoms with Gasteiger partial charge in [-0.05, 0) is 31.7 Å². The third-order valence-electron chi connectivity index (χ3n) is 3.72. The molecule has 0 aromatic heterocycles. The van der Waals surface area contributed by atoms with Crippen molar-refractivity contribution in [1.29, 1.82) is 0 Å². The third kappa shape index (κ3) is 1.58. The van der Waals surface area contributed by atoms with Gasteiger partial charge in [-0.3, -0.25) is 0 Å². The van der Waals surface area contributed by atoms with Crippen LogP contribution in [0.25, 0.3) is 0 Å². The summed E-state index contributed by atoms with van der Waals surface area (Å²) in [6.07, 6.45) is 1.73. The van der Waals surface area contributed by atoms with Gasteiger partial charge < -0.3 is 10.2 Å². The van der Waals surface area contributed by atoms with E-state index in [2.05, 4.69) is 0 Å². The van der Waals surface area contributed by atoms with Gasteiger partial charge in [0.05, 0.1) is 12.2 Å². The first-order chi connectivity index (χ1) is 7.18. The lowest BCUT2D eigenvalue weighted by Crippen LogP contribution is -2.44. The highest BCUT2D eigenvalue weighted by molar-refractivity contribution is 5.30. The molecule has 0 bridgehead atoms. The fraction of sp³-hybridized carbons (Fsp3) is 0.538. The van der Waals surface area contributed by atoms with E-state index in [1.165, 1.54) is 0 Å². The van der Waals surface area contributed by atoms with E-state index in [0.29, 0.717) is 0 Å². The lowest BCUT2D eigenvalue weighted by atomic mass is 9.73. The number of aliphatic hydroxyl groups excluding tert-OH is 2. The third-order valence-corrected chi connectivity index (χ3v) is 3.72. The molecule has 0 amide bonds. The zero-order valence-corrected chi connectivity index (χ0v) is 9.06. The van der Waals surface area contributed by atoms with Crippen LogP contribution in [-0.4, -0.2) is 22.4 Å². The van der Waals surface area contributed by atoms with Crippen molar-refractivity contribution in [3.63, 3.8) is 0 Å². The normalized spacial score (nSPS) is 32.9. The van der Waals surface area contributed by atoms with Gasteiger partial charge in [0.25, 0.3) is 0 Å². The molecule has 82 valence electrons. The maximum atomic E-state index is 10.1. The molecule has 1 aliphatic rings. The molecule has 2 N–H and O–H groups in total. The van der Waals surface area contributed by atoms with Gasteiger partial charge in [0.2, 0.25) is 0 Å². The van der Waals surface area contributed by atoms with Crippen molar-refractivity contribution in [1.82, 2.24) is 0 Å². The summed E-state index contributed by atoms with van der Waals surface area (Å²) in [6, 6.07) is 9.89. The minimum Gasteiger partial charge on any atom is -0.392 e. The summed E-state index contributed by atoms with van der Waals surface area (Å²) in [7, 11) is 0. The van der Waals surface area contributed by atoms with Crippen LogP contribution in [0.5, 0.6) is 0 Å². The summed E-state index contributed by atoms with van der Waals surface area (Å²) in [5.74, 6) is 0. The van der Waals surface area contributed by atoms with Gasteiger partial charge in [0, 0.05) is 5.41 Å². The number of hydrogen-bond acceptors (Lipinski definition) is 2. The molecule has 0 radical (unpaired) electrons. The Morgan fingerprint density at radius 1 is 1.33 bits per heavy atom. The molecule has 2 nitrogen and oxygen atoms in total. The standard InChI is InChI=1S/C13H18O2/c1-10(14)13(9-5-8-12(13)15)11-6-3-2-4-7-11/h2-4,6-7,10,12,14-15H,5,8-9H2,1H3/t10-,12+,13+/m1/s1. The molecule has 0 spiro atoms. The average molecular weight is 206 g/mol. The van der Waals surface area contributed by atoms with E-state index in [-0.39, 0.29) is 0 Å². The zero-order valence-electron chi connectivity index (χ0n) is 9.06. The molecule has 0 unspecified atom stereocenters. The Kier molecular flexibility index (Phi) is 2.81. The van der Waals surface area contributed by atoms with Crippen molar-refractivity contribution in [2.24, 2.45) is 0 Å². The smallest absolute Gasteiger partial charge is 0.0661 e. The fourth-order valence-electron chi connectivity index (χ4n) is 2.83. The molecule has 1 fully saturated rings. The molecule has 1 aromatic carbocycles. The maximum Gasteiger partial charge on any atom is 0.0661 e. The lowest BCUT2D eigenvalue weighted by Gasteiger charge is -2.36. The monoisotopic (exact) mass is 206 g/mol. The highest BCUT2D eigenvalue weighted by Gasteiger charge is 2.46. The Morgan fingerprint density at radius 3 is 2.47 bits per heavy atom. The molecule has 2 heteroatoms. The summed E-state index contributed by atoms with van der Waals surface area (Å²) in [6.45, 7) is 1.78. The van der Waals surface area contributed by atoms with E-state index < -0.39 is 17.6 Å². The molecule has 1 aromatic rings. The largest absolute Gasteiger partial charge is 0.392 e. The molecule has 0 heterocycles. The van der Waals surface area contributed by atoms with Gasteiger partial charge in [-0.1, -0.05) is 30.3 Å². The van der Waals surface area contributed by atoms with E-state index in [1.807, 2.05) is 30.3 Å². The van der Waals surface area contributed by atoms with Gasteiger partial charge in [-0.2, -0.15) is 0 Å². The van der Waals surface area contributed by atoms with Gasteiger partial charge in [-0.25, -0.2) is 0 Å². The molecule has 15 heavy (non-hydrogen) atoms. The number of aliphatic hydroxyl groups is 2. The summed E-state index contributed by atoms with van der Waals surface area (Å²) in [4.78, 5) is 0. The van der Waals surface area contributed by atoms with E-state index in [0.717, 1.165) is 24.8 Å². The van der Waals surface area contributed by atoms with Crippen LogP contribution in [0.4, 0.5) is 0 Å². The van der Waals surface area contributed by atoms with Crippen molar-refractivity contribution in [3.8, 4) is 0 Å².